The normalized spacial score (nSPS) is 21.0. The van der Waals surface area contributed by atoms with Gasteiger partial charge in [0.25, 0.3) is 0 Å². The van der Waals surface area contributed by atoms with E-state index in [-0.39, 0.29) is 6.04 Å². The van der Waals surface area contributed by atoms with Crippen LogP contribution in [-0.4, -0.2) is 48.5 Å². The van der Waals surface area contributed by atoms with E-state index in [0.29, 0.717) is 24.4 Å². The number of hydrogen-bond acceptors (Lipinski definition) is 6. The van der Waals surface area contributed by atoms with Crippen LogP contribution in [0.5, 0.6) is 0 Å². The summed E-state index contributed by atoms with van der Waals surface area (Å²) in [5.41, 5.74) is 3.75. The zero-order valence-electron chi connectivity index (χ0n) is 26.7. The van der Waals surface area contributed by atoms with Gasteiger partial charge >= 0.3 is 0 Å². The Hall–Kier alpha value is -2.77. The van der Waals surface area contributed by atoms with Gasteiger partial charge in [-0.1, -0.05) is 73.2 Å². The van der Waals surface area contributed by atoms with Crippen molar-refractivity contribution in [2.24, 2.45) is 11.8 Å². The van der Waals surface area contributed by atoms with Gasteiger partial charge in [0.05, 0.1) is 18.3 Å². The monoisotopic (exact) mass is 610 g/mol. The second-order valence-corrected chi connectivity index (χ2v) is 14.1. The van der Waals surface area contributed by atoms with Gasteiger partial charge in [-0.05, 0) is 113 Å². The van der Waals surface area contributed by atoms with Gasteiger partial charge in [-0.2, -0.15) is 0 Å². The lowest BCUT2D eigenvalue weighted by atomic mass is 9.74. The highest BCUT2D eigenvalue weighted by Crippen LogP contribution is 2.46. The van der Waals surface area contributed by atoms with Crippen molar-refractivity contribution in [1.82, 2.24) is 20.1 Å². The maximum atomic E-state index is 6.86. The molecule has 1 aliphatic carbocycles. The summed E-state index contributed by atoms with van der Waals surface area (Å²) in [4.78, 5) is 12.0. The molecule has 2 aliphatic rings. The number of likely N-dealkylation sites (tertiary alicyclic amines) is 1. The number of nitrogens with one attached hydrogen (secondary N) is 1. The molecule has 1 aliphatic heterocycles. The van der Waals surface area contributed by atoms with E-state index in [9.17, 15) is 0 Å². The summed E-state index contributed by atoms with van der Waals surface area (Å²) >= 11 is 1.91. The first-order valence-corrected chi connectivity index (χ1v) is 17.7. The van der Waals surface area contributed by atoms with E-state index in [1.54, 1.807) is 0 Å². The Balaban J connectivity index is 1.21. The van der Waals surface area contributed by atoms with Crippen LogP contribution >= 0.6 is 11.3 Å². The molecule has 5 nitrogen and oxygen atoms in total. The van der Waals surface area contributed by atoms with E-state index in [2.05, 4.69) is 107 Å². The molecule has 6 rings (SSSR count). The molecule has 0 amide bonds. The predicted octanol–water partition coefficient (Wildman–Crippen LogP) is 8.30. The van der Waals surface area contributed by atoms with Gasteiger partial charge in [-0.15, -0.1) is 11.3 Å². The highest BCUT2D eigenvalue weighted by atomic mass is 32.1. The SMILES string of the molecule is CN(C)C(c1cccs1)C1CCC(C(c2nc(Cc3ccccc3)c(CNCCc3ccccc3)o2)N2CCCCC2)CC1. The number of rotatable bonds is 13. The average Bonchev–Trinajstić information content (AvgIpc) is 3.72. The second kappa shape index (κ2) is 15.5. The fourth-order valence-corrected chi connectivity index (χ4v) is 8.69. The summed E-state index contributed by atoms with van der Waals surface area (Å²) in [7, 11) is 4.51. The minimum atomic E-state index is 0.267. The Bertz CT molecular complexity index is 1370. The average molecular weight is 611 g/mol. The van der Waals surface area contributed by atoms with E-state index in [4.69, 9.17) is 9.40 Å². The molecule has 1 N–H and O–H groups in total. The largest absolute Gasteiger partial charge is 0.442 e. The number of aromatic nitrogens is 1. The van der Waals surface area contributed by atoms with Crippen LogP contribution in [0.1, 0.15) is 90.4 Å². The molecule has 2 unspecified atom stereocenters. The first-order valence-electron chi connectivity index (χ1n) is 16.9. The number of oxazole rings is 1. The molecule has 234 valence electrons. The van der Waals surface area contributed by atoms with Crippen LogP contribution in [-0.2, 0) is 19.4 Å². The lowest BCUT2D eigenvalue weighted by Crippen LogP contribution is -2.40. The summed E-state index contributed by atoms with van der Waals surface area (Å²) in [5.74, 6) is 3.25. The number of hydrogen-bond donors (Lipinski definition) is 1. The molecular formula is C38H50N4OS. The molecular weight excluding hydrogens is 561 g/mol. The first kappa shape index (κ1) is 31.2. The summed E-state index contributed by atoms with van der Waals surface area (Å²) in [6, 6.07) is 26.8. The number of thiophene rings is 1. The highest BCUT2D eigenvalue weighted by molar-refractivity contribution is 7.10. The Morgan fingerprint density at radius 1 is 0.864 bits per heavy atom. The van der Waals surface area contributed by atoms with Crippen LogP contribution in [0.25, 0.3) is 0 Å². The summed E-state index contributed by atoms with van der Waals surface area (Å²) < 4.78 is 6.86. The summed E-state index contributed by atoms with van der Waals surface area (Å²) in [5, 5.41) is 5.91. The molecule has 2 fully saturated rings. The van der Waals surface area contributed by atoms with Crippen LogP contribution in [0.15, 0.2) is 82.6 Å². The zero-order valence-corrected chi connectivity index (χ0v) is 27.5. The van der Waals surface area contributed by atoms with E-state index in [1.807, 2.05) is 11.3 Å². The van der Waals surface area contributed by atoms with Crippen molar-refractivity contribution in [3.63, 3.8) is 0 Å². The topological polar surface area (TPSA) is 44.5 Å². The molecule has 0 bridgehead atoms. The van der Waals surface area contributed by atoms with Gasteiger partial charge in [0.1, 0.15) is 5.76 Å². The lowest BCUT2D eigenvalue weighted by molar-refractivity contribution is 0.0554. The standard InChI is InChI=1S/C38H50N4OS/c1-41(2)36(35-17-12-26-44-35)31-18-20-32(21-19-31)37(42-24-10-5-11-25-42)38-40-33(27-30-15-8-4-9-16-30)34(43-38)28-39-23-22-29-13-6-3-7-14-29/h3-4,6-9,12-17,26,31-32,36-37,39H,5,10-11,18-25,27-28H2,1-2H3. The predicted molar refractivity (Wildman–Crippen MR) is 182 cm³/mol. The molecule has 3 heterocycles. The minimum absolute atomic E-state index is 0.267. The molecule has 2 aromatic heterocycles. The highest BCUT2D eigenvalue weighted by Gasteiger charge is 2.39. The maximum absolute atomic E-state index is 6.86. The van der Waals surface area contributed by atoms with Gasteiger partial charge in [-0.25, -0.2) is 4.98 Å². The molecule has 4 aromatic rings. The zero-order chi connectivity index (χ0) is 30.1. The van der Waals surface area contributed by atoms with Gasteiger partial charge in [0.2, 0.25) is 5.89 Å². The Morgan fingerprint density at radius 3 is 2.20 bits per heavy atom. The van der Waals surface area contributed by atoms with E-state index in [0.717, 1.165) is 49.8 Å². The van der Waals surface area contributed by atoms with Crippen LogP contribution in [0, 0.1) is 11.8 Å². The van der Waals surface area contributed by atoms with Crippen LogP contribution in [0.3, 0.4) is 0 Å². The molecule has 2 aromatic carbocycles. The third-order valence-corrected chi connectivity index (χ3v) is 10.8. The number of benzene rings is 2. The molecule has 6 heteroatoms. The lowest BCUT2D eigenvalue weighted by Gasteiger charge is -2.42. The Labute approximate surface area is 268 Å². The van der Waals surface area contributed by atoms with Crippen molar-refractivity contribution in [3.8, 4) is 0 Å². The summed E-state index contributed by atoms with van der Waals surface area (Å²) in [6.45, 7) is 3.94. The van der Waals surface area contributed by atoms with Gasteiger partial charge in [-0.3, -0.25) is 4.90 Å². The third-order valence-electron chi connectivity index (χ3n) is 9.87. The quantitative estimate of drug-likeness (QED) is 0.154. The van der Waals surface area contributed by atoms with Crippen LogP contribution in [0.4, 0.5) is 0 Å². The van der Waals surface area contributed by atoms with Crippen LogP contribution in [0.2, 0.25) is 0 Å². The third kappa shape index (κ3) is 7.89. The van der Waals surface area contributed by atoms with E-state index < -0.39 is 0 Å². The first-order chi connectivity index (χ1) is 21.7. The fraction of sp³-hybridized carbons (Fsp3) is 0.500. The Kier molecular flexibility index (Phi) is 11.0. The van der Waals surface area contributed by atoms with E-state index in [1.165, 1.54) is 60.9 Å². The molecule has 0 spiro atoms. The molecule has 0 radical (unpaired) electrons. The van der Waals surface area contributed by atoms with Gasteiger partial charge in [0, 0.05) is 17.3 Å². The minimum Gasteiger partial charge on any atom is -0.442 e. The van der Waals surface area contributed by atoms with Crippen molar-refractivity contribution in [2.75, 3.05) is 33.7 Å². The number of nitrogens with zero attached hydrogens (tertiary/aromatic N) is 3. The molecule has 2 atom stereocenters. The van der Waals surface area contributed by atoms with Crippen molar-refractivity contribution in [2.45, 2.75) is 76.4 Å². The number of piperidine rings is 1. The molecule has 1 saturated carbocycles. The summed E-state index contributed by atoms with van der Waals surface area (Å²) in [6.07, 6.45) is 10.7. The van der Waals surface area contributed by atoms with Crippen molar-refractivity contribution >= 4 is 11.3 Å². The van der Waals surface area contributed by atoms with Crippen molar-refractivity contribution < 1.29 is 4.42 Å². The molecule has 1 saturated heterocycles. The van der Waals surface area contributed by atoms with E-state index >= 15 is 0 Å². The maximum Gasteiger partial charge on any atom is 0.212 e. The van der Waals surface area contributed by atoms with Crippen molar-refractivity contribution in [1.29, 1.82) is 0 Å². The van der Waals surface area contributed by atoms with Gasteiger partial charge < -0.3 is 14.6 Å². The Morgan fingerprint density at radius 2 is 1.55 bits per heavy atom. The van der Waals surface area contributed by atoms with Crippen LogP contribution < -0.4 is 5.32 Å². The second-order valence-electron chi connectivity index (χ2n) is 13.1. The fourth-order valence-electron chi connectivity index (χ4n) is 7.67. The smallest absolute Gasteiger partial charge is 0.212 e. The molecule has 44 heavy (non-hydrogen) atoms. The van der Waals surface area contributed by atoms with Crippen molar-refractivity contribution in [3.05, 3.63) is 112 Å². The van der Waals surface area contributed by atoms with Gasteiger partial charge in [0.15, 0.2) is 0 Å².